The van der Waals surface area contributed by atoms with E-state index in [4.69, 9.17) is 4.74 Å². The zero-order chi connectivity index (χ0) is 7.68. The number of nitrogens with zero attached hydrogens (tertiary/aromatic N) is 1. The van der Waals surface area contributed by atoms with Crippen molar-refractivity contribution in [1.82, 2.24) is 4.98 Å². The van der Waals surface area contributed by atoms with Crippen LogP contribution < -0.4 is 0 Å². The highest BCUT2D eigenvalue weighted by Crippen LogP contribution is 2.20. The van der Waals surface area contributed by atoms with E-state index in [1.54, 1.807) is 6.20 Å². The van der Waals surface area contributed by atoms with Crippen LogP contribution in [0.2, 0.25) is 0 Å². The van der Waals surface area contributed by atoms with Crippen molar-refractivity contribution in [2.45, 2.75) is 12.5 Å². The fourth-order valence-electron chi connectivity index (χ4n) is 1.00. The number of rotatable bonds is 2. The summed E-state index contributed by atoms with van der Waals surface area (Å²) in [6.07, 6.45) is 3.20. The summed E-state index contributed by atoms with van der Waals surface area (Å²) in [7, 11) is 0. The van der Waals surface area contributed by atoms with Gasteiger partial charge in [0.05, 0.1) is 12.7 Å². The summed E-state index contributed by atoms with van der Waals surface area (Å²) in [4.78, 5) is 4.12. The first-order valence-corrected chi connectivity index (χ1v) is 4.36. The van der Waals surface area contributed by atoms with E-state index in [0.29, 0.717) is 6.10 Å². The maximum absolute atomic E-state index is 5.12. The summed E-state index contributed by atoms with van der Waals surface area (Å²) in [5.41, 5.74) is 1.23. The van der Waals surface area contributed by atoms with Gasteiger partial charge in [-0.15, -0.1) is 0 Å². The van der Waals surface area contributed by atoms with Crippen LogP contribution in [0.25, 0.3) is 0 Å². The van der Waals surface area contributed by atoms with Gasteiger partial charge < -0.3 is 4.74 Å². The van der Waals surface area contributed by atoms with Crippen LogP contribution in [0.15, 0.2) is 22.9 Å². The lowest BCUT2D eigenvalue weighted by atomic mass is 10.2. The highest BCUT2D eigenvalue weighted by Gasteiger charge is 2.23. The van der Waals surface area contributed by atoms with E-state index in [1.807, 2.05) is 6.07 Å². The lowest BCUT2D eigenvalue weighted by molar-refractivity contribution is 0.407. The first kappa shape index (κ1) is 7.25. The second kappa shape index (κ2) is 2.91. The molecule has 3 heteroatoms. The monoisotopic (exact) mass is 213 g/mol. The van der Waals surface area contributed by atoms with Gasteiger partial charge in [-0.2, -0.15) is 0 Å². The molecule has 2 rings (SSSR count). The van der Waals surface area contributed by atoms with Crippen LogP contribution in [-0.2, 0) is 11.2 Å². The van der Waals surface area contributed by atoms with Crippen LogP contribution in [0.3, 0.4) is 0 Å². The molecule has 0 aliphatic carbocycles. The molecule has 1 saturated heterocycles. The van der Waals surface area contributed by atoms with Gasteiger partial charge in [0.15, 0.2) is 0 Å². The number of hydrogen-bond acceptors (Lipinski definition) is 2. The maximum atomic E-state index is 5.12. The van der Waals surface area contributed by atoms with Crippen molar-refractivity contribution in [3.63, 3.8) is 0 Å². The Hall–Kier alpha value is -0.410. The molecule has 0 N–H and O–H groups in total. The van der Waals surface area contributed by atoms with Gasteiger partial charge in [0.2, 0.25) is 0 Å². The zero-order valence-corrected chi connectivity index (χ0v) is 7.54. The summed E-state index contributed by atoms with van der Waals surface area (Å²) < 4.78 is 6.06. The van der Waals surface area contributed by atoms with Crippen LogP contribution in [0, 0.1) is 0 Å². The SMILES string of the molecule is Brc1ncccc1CC1CO1. The van der Waals surface area contributed by atoms with E-state index in [9.17, 15) is 0 Å². The number of epoxide rings is 1. The van der Waals surface area contributed by atoms with E-state index in [-0.39, 0.29) is 0 Å². The predicted octanol–water partition coefficient (Wildman–Crippen LogP) is 1.79. The highest BCUT2D eigenvalue weighted by atomic mass is 79.9. The van der Waals surface area contributed by atoms with Crippen LogP contribution in [0.1, 0.15) is 5.56 Å². The summed E-state index contributed by atoms with van der Waals surface area (Å²) >= 11 is 3.39. The van der Waals surface area contributed by atoms with E-state index < -0.39 is 0 Å². The zero-order valence-electron chi connectivity index (χ0n) is 5.96. The molecule has 1 aromatic rings. The fourth-order valence-corrected chi connectivity index (χ4v) is 1.42. The van der Waals surface area contributed by atoms with E-state index in [1.165, 1.54) is 5.56 Å². The van der Waals surface area contributed by atoms with Crippen molar-refractivity contribution in [3.05, 3.63) is 28.5 Å². The average Bonchev–Trinajstić information content (AvgIpc) is 2.78. The van der Waals surface area contributed by atoms with Crippen LogP contribution >= 0.6 is 15.9 Å². The maximum Gasteiger partial charge on any atom is 0.109 e. The molecule has 58 valence electrons. The smallest absolute Gasteiger partial charge is 0.109 e. The Balaban J connectivity index is 2.15. The minimum atomic E-state index is 0.440. The Bertz CT molecular complexity index is 260. The largest absolute Gasteiger partial charge is 0.373 e. The molecule has 0 radical (unpaired) electrons. The van der Waals surface area contributed by atoms with Gasteiger partial charge in [-0.3, -0.25) is 0 Å². The third-order valence-electron chi connectivity index (χ3n) is 1.69. The molecule has 1 fully saturated rings. The Labute approximate surface area is 73.7 Å². The second-order valence-corrected chi connectivity index (χ2v) is 3.36. The molecule has 1 aromatic heterocycles. The fraction of sp³-hybridized carbons (Fsp3) is 0.375. The first-order valence-electron chi connectivity index (χ1n) is 3.57. The van der Waals surface area contributed by atoms with Crippen molar-refractivity contribution < 1.29 is 4.74 Å². The molecule has 0 bridgehead atoms. The van der Waals surface area contributed by atoms with Gasteiger partial charge >= 0.3 is 0 Å². The molecule has 0 aromatic carbocycles. The van der Waals surface area contributed by atoms with E-state index in [0.717, 1.165) is 17.6 Å². The first-order chi connectivity index (χ1) is 5.36. The van der Waals surface area contributed by atoms with Crippen molar-refractivity contribution >= 4 is 15.9 Å². The van der Waals surface area contributed by atoms with Gasteiger partial charge in [-0.25, -0.2) is 4.98 Å². The molecule has 11 heavy (non-hydrogen) atoms. The summed E-state index contributed by atoms with van der Waals surface area (Å²) in [6, 6.07) is 4.02. The van der Waals surface area contributed by atoms with Gasteiger partial charge in [0.25, 0.3) is 0 Å². The van der Waals surface area contributed by atoms with Gasteiger partial charge in [-0.1, -0.05) is 6.07 Å². The van der Waals surface area contributed by atoms with Crippen LogP contribution in [0.5, 0.6) is 0 Å². The molecular formula is C8H8BrNO. The molecule has 1 aliphatic heterocycles. The van der Waals surface area contributed by atoms with E-state index >= 15 is 0 Å². The van der Waals surface area contributed by atoms with Crippen LogP contribution in [0.4, 0.5) is 0 Å². The molecule has 0 saturated carbocycles. The van der Waals surface area contributed by atoms with Crippen molar-refractivity contribution in [2.24, 2.45) is 0 Å². The minimum absolute atomic E-state index is 0.440. The third kappa shape index (κ3) is 1.79. The molecule has 1 aliphatic rings. The minimum Gasteiger partial charge on any atom is -0.373 e. The normalized spacial score (nSPS) is 21.7. The Morgan fingerprint density at radius 3 is 3.18 bits per heavy atom. The number of aromatic nitrogens is 1. The molecule has 0 amide bonds. The summed E-state index contributed by atoms with van der Waals surface area (Å²) in [6.45, 7) is 0.904. The summed E-state index contributed by atoms with van der Waals surface area (Å²) in [5, 5.41) is 0. The van der Waals surface area contributed by atoms with Crippen molar-refractivity contribution in [1.29, 1.82) is 0 Å². The molecule has 2 nitrogen and oxygen atoms in total. The number of hydrogen-bond donors (Lipinski definition) is 0. The van der Waals surface area contributed by atoms with Crippen LogP contribution in [-0.4, -0.2) is 17.7 Å². The number of pyridine rings is 1. The molecule has 1 atom stereocenters. The van der Waals surface area contributed by atoms with Gasteiger partial charge in [-0.05, 0) is 27.6 Å². The molecular weight excluding hydrogens is 206 g/mol. The third-order valence-corrected chi connectivity index (χ3v) is 2.40. The second-order valence-electron chi connectivity index (χ2n) is 2.61. The number of halogens is 1. The predicted molar refractivity (Wildman–Crippen MR) is 45.4 cm³/mol. The molecule has 1 unspecified atom stereocenters. The quantitative estimate of drug-likeness (QED) is 0.553. The van der Waals surface area contributed by atoms with Gasteiger partial charge in [0.1, 0.15) is 4.60 Å². The van der Waals surface area contributed by atoms with Gasteiger partial charge in [0, 0.05) is 12.6 Å². The number of ether oxygens (including phenoxy) is 1. The standard InChI is InChI=1S/C8H8BrNO/c9-8-6(2-1-3-10-8)4-7-5-11-7/h1-3,7H,4-5H2. The topological polar surface area (TPSA) is 25.4 Å². The lowest BCUT2D eigenvalue weighted by Crippen LogP contribution is -1.94. The van der Waals surface area contributed by atoms with E-state index in [2.05, 4.69) is 27.0 Å². The Morgan fingerprint density at radius 2 is 2.55 bits per heavy atom. The Kier molecular flexibility index (Phi) is 1.92. The molecule has 0 spiro atoms. The lowest BCUT2D eigenvalue weighted by Gasteiger charge is -1.98. The Morgan fingerprint density at radius 1 is 1.73 bits per heavy atom. The molecule has 2 heterocycles. The van der Waals surface area contributed by atoms with Crippen molar-refractivity contribution in [2.75, 3.05) is 6.61 Å². The summed E-state index contributed by atoms with van der Waals surface area (Å²) in [5.74, 6) is 0. The van der Waals surface area contributed by atoms with Crippen molar-refractivity contribution in [3.8, 4) is 0 Å². The average molecular weight is 214 g/mol. The highest BCUT2D eigenvalue weighted by molar-refractivity contribution is 9.10.